The lowest BCUT2D eigenvalue weighted by Gasteiger charge is -2.46. The molecule has 10 heteroatoms. The zero-order valence-electron chi connectivity index (χ0n) is 23.4. The van der Waals surface area contributed by atoms with Gasteiger partial charge in [0, 0.05) is 37.5 Å². The summed E-state index contributed by atoms with van der Waals surface area (Å²) < 4.78 is 20.1. The summed E-state index contributed by atoms with van der Waals surface area (Å²) in [5.41, 5.74) is 14.7. The van der Waals surface area contributed by atoms with Gasteiger partial charge in [-0.05, 0) is 69.6 Å². The minimum Gasteiger partial charge on any atom is -0.491 e. The topological polar surface area (TPSA) is 131 Å². The lowest BCUT2D eigenvalue weighted by molar-refractivity contribution is -0.147. The van der Waals surface area contributed by atoms with Crippen LogP contribution in [0, 0.1) is 5.92 Å². The van der Waals surface area contributed by atoms with Gasteiger partial charge in [0.1, 0.15) is 36.2 Å². The first-order valence-electron chi connectivity index (χ1n) is 14.4. The molecule has 3 fully saturated rings. The molecule has 2 aliphatic heterocycles. The van der Waals surface area contributed by atoms with Crippen LogP contribution < -0.4 is 16.2 Å². The summed E-state index contributed by atoms with van der Waals surface area (Å²) in [5, 5.41) is 0.863. The third-order valence-electron chi connectivity index (χ3n) is 8.58. The molecular formula is C30H40N6O4. The number of carbonyl (C=O) groups excluding carboxylic acids is 1. The Hall–Kier alpha value is -3.21. The van der Waals surface area contributed by atoms with Crippen LogP contribution in [0.1, 0.15) is 52.0 Å². The Morgan fingerprint density at radius 2 is 2.08 bits per heavy atom. The van der Waals surface area contributed by atoms with E-state index in [0.717, 1.165) is 66.7 Å². The third kappa shape index (κ3) is 5.53. The number of ether oxygens (including phenoxy) is 3. The summed E-state index contributed by atoms with van der Waals surface area (Å²) in [6.07, 6.45) is 9.16. The molecule has 0 bridgehead atoms. The van der Waals surface area contributed by atoms with Gasteiger partial charge in [0.15, 0.2) is 0 Å². The van der Waals surface area contributed by atoms with Crippen molar-refractivity contribution in [3.8, 4) is 16.9 Å². The fraction of sp³-hybridized carbons (Fsp3) is 0.567. The Balaban J connectivity index is 1.19. The van der Waals surface area contributed by atoms with E-state index < -0.39 is 0 Å². The second-order valence-electron chi connectivity index (χ2n) is 12.1. The van der Waals surface area contributed by atoms with Gasteiger partial charge in [-0.2, -0.15) is 0 Å². The SMILES string of the molecule is CC1(C)CN(CC2CC(n3cc(-c4cccc(OCC5CCCCO5)c4)c4c(N)ncnc43)C2)C(C(N)=O)CO1. The number of benzene rings is 1. The summed E-state index contributed by atoms with van der Waals surface area (Å²) in [7, 11) is 0. The zero-order valence-corrected chi connectivity index (χ0v) is 23.4. The molecule has 2 unspecified atom stereocenters. The molecule has 4 heterocycles. The number of hydrogen-bond acceptors (Lipinski definition) is 8. The maximum Gasteiger partial charge on any atom is 0.237 e. The van der Waals surface area contributed by atoms with Gasteiger partial charge in [-0.3, -0.25) is 9.69 Å². The van der Waals surface area contributed by atoms with Crippen LogP contribution in [0.15, 0.2) is 36.8 Å². The predicted molar refractivity (Wildman–Crippen MR) is 153 cm³/mol. The predicted octanol–water partition coefficient (Wildman–Crippen LogP) is 3.54. The average molecular weight is 549 g/mol. The van der Waals surface area contributed by atoms with Crippen LogP contribution in [0.3, 0.4) is 0 Å². The lowest BCUT2D eigenvalue weighted by atomic mass is 9.79. The normalized spacial score (nSPS) is 26.9. The quantitative estimate of drug-likeness (QED) is 0.437. The van der Waals surface area contributed by atoms with Crippen molar-refractivity contribution >= 4 is 22.8 Å². The minimum atomic E-state index is -0.377. The summed E-state index contributed by atoms with van der Waals surface area (Å²) in [6, 6.07) is 8.03. The number of amides is 1. The first-order valence-corrected chi connectivity index (χ1v) is 14.4. The highest BCUT2D eigenvalue weighted by Gasteiger charge is 2.40. The van der Waals surface area contributed by atoms with Gasteiger partial charge in [-0.1, -0.05) is 12.1 Å². The van der Waals surface area contributed by atoms with Crippen LogP contribution in [-0.2, 0) is 14.3 Å². The van der Waals surface area contributed by atoms with Gasteiger partial charge in [0.05, 0.1) is 23.7 Å². The number of fused-ring (bicyclic) bond motifs is 1. The lowest BCUT2D eigenvalue weighted by Crippen LogP contribution is -2.60. The van der Waals surface area contributed by atoms with Crippen LogP contribution in [0.25, 0.3) is 22.2 Å². The largest absolute Gasteiger partial charge is 0.491 e. The molecule has 1 aromatic carbocycles. The Labute approximate surface area is 235 Å². The molecule has 10 nitrogen and oxygen atoms in total. The van der Waals surface area contributed by atoms with Crippen molar-refractivity contribution < 1.29 is 19.0 Å². The second-order valence-corrected chi connectivity index (χ2v) is 12.1. The van der Waals surface area contributed by atoms with Gasteiger partial charge < -0.3 is 30.2 Å². The van der Waals surface area contributed by atoms with Gasteiger partial charge >= 0.3 is 0 Å². The second kappa shape index (κ2) is 11.0. The smallest absolute Gasteiger partial charge is 0.237 e. The fourth-order valence-corrected chi connectivity index (χ4v) is 6.40. The molecule has 214 valence electrons. The molecule has 2 saturated heterocycles. The number of nitrogen functional groups attached to an aromatic ring is 1. The molecule has 2 atom stereocenters. The Morgan fingerprint density at radius 1 is 1.23 bits per heavy atom. The third-order valence-corrected chi connectivity index (χ3v) is 8.58. The van der Waals surface area contributed by atoms with Crippen LogP contribution >= 0.6 is 0 Å². The number of carbonyl (C=O) groups is 1. The average Bonchev–Trinajstić information content (AvgIpc) is 3.30. The van der Waals surface area contributed by atoms with Crippen molar-refractivity contribution in [2.45, 2.75) is 69.7 Å². The van der Waals surface area contributed by atoms with Crippen LogP contribution in [-0.4, -0.2) is 76.0 Å². The molecule has 0 spiro atoms. The minimum absolute atomic E-state index is 0.150. The number of primary amides is 1. The van der Waals surface area contributed by atoms with Gasteiger partial charge in [0.2, 0.25) is 5.91 Å². The monoisotopic (exact) mass is 548 g/mol. The first-order chi connectivity index (χ1) is 19.3. The van der Waals surface area contributed by atoms with Gasteiger partial charge in [0.25, 0.3) is 0 Å². The number of nitrogens with zero attached hydrogens (tertiary/aromatic N) is 4. The molecule has 2 aromatic heterocycles. The Kier molecular flexibility index (Phi) is 7.41. The molecule has 1 amide bonds. The number of aromatic nitrogens is 3. The van der Waals surface area contributed by atoms with E-state index in [1.807, 2.05) is 12.1 Å². The molecule has 4 N–H and O–H groups in total. The summed E-state index contributed by atoms with van der Waals surface area (Å²) in [4.78, 5) is 23.2. The van der Waals surface area contributed by atoms with Crippen LogP contribution in [0.2, 0.25) is 0 Å². The van der Waals surface area contributed by atoms with E-state index in [-0.39, 0.29) is 23.7 Å². The van der Waals surface area contributed by atoms with Gasteiger partial charge in [-0.15, -0.1) is 0 Å². The van der Waals surface area contributed by atoms with E-state index in [9.17, 15) is 4.79 Å². The van der Waals surface area contributed by atoms with E-state index >= 15 is 0 Å². The van der Waals surface area contributed by atoms with Crippen molar-refractivity contribution in [3.63, 3.8) is 0 Å². The molecule has 6 rings (SSSR count). The van der Waals surface area contributed by atoms with E-state index in [0.29, 0.717) is 37.5 Å². The van der Waals surface area contributed by atoms with Crippen molar-refractivity contribution in [2.75, 3.05) is 38.6 Å². The standard InChI is InChI=1S/C30H40N6O4/c1-30(2)17-35(25(16-40-30)28(32)37)13-19-10-21(11-19)36-14-24(26-27(31)33-18-34-29(26)36)20-6-5-8-22(12-20)39-15-23-7-3-4-9-38-23/h5-6,8,12,14,18-19,21,23,25H,3-4,7,9-11,13,15-17H2,1-2H3,(H2,32,37)(H2,31,33,34). The maximum atomic E-state index is 12.1. The fourth-order valence-electron chi connectivity index (χ4n) is 6.40. The molecular weight excluding hydrogens is 508 g/mol. The molecule has 3 aromatic rings. The maximum absolute atomic E-state index is 12.1. The van der Waals surface area contributed by atoms with Crippen molar-refractivity contribution in [3.05, 3.63) is 36.8 Å². The Morgan fingerprint density at radius 3 is 2.85 bits per heavy atom. The summed E-state index contributed by atoms with van der Waals surface area (Å²) >= 11 is 0. The van der Waals surface area contributed by atoms with Crippen molar-refractivity contribution in [1.82, 2.24) is 19.4 Å². The number of morpholine rings is 1. The van der Waals surface area contributed by atoms with Gasteiger partial charge in [-0.25, -0.2) is 9.97 Å². The summed E-state index contributed by atoms with van der Waals surface area (Å²) in [5.74, 6) is 1.41. The van der Waals surface area contributed by atoms with Crippen molar-refractivity contribution in [2.24, 2.45) is 11.7 Å². The molecule has 1 aliphatic carbocycles. The molecule has 1 saturated carbocycles. The van der Waals surface area contributed by atoms with Crippen LogP contribution in [0.5, 0.6) is 5.75 Å². The van der Waals surface area contributed by atoms with E-state index in [2.05, 4.69) is 51.6 Å². The number of anilines is 1. The first kappa shape index (κ1) is 27.0. The van der Waals surface area contributed by atoms with Crippen LogP contribution in [0.4, 0.5) is 5.82 Å². The highest BCUT2D eigenvalue weighted by atomic mass is 16.5. The molecule has 3 aliphatic rings. The highest BCUT2D eigenvalue weighted by Crippen LogP contribution is 2.44. The summed E-state index contributed by atoms with van der Waals surface area (Å²) in [6.45, 7) is 7.33. The number of hydrogen-bond donors (Lipinski definition) is 2. The van der Waals surface area contributed by atoms with E-state index in [1.54, 1.807) is 0 Å². The Bertz CT molecular complexity index is 1360. The van der Waals surface area contributed by atoms with E-state index in [1.165, 1.54) is 12.7 Å². The highest BCUT2D eigenvalue weighted by molar-refractivity contribution is 6.00. The molecule has 0 radical (unpaired) electrons. The van der Waals surface area contributed by atoms with E-state index in [4.69, 9.17) is 25.7 Å². The van der Waals surface area contributed by atoms with Crippen molar-refractivity contribution in [1.29, 1.82) is 0 Å². The number of rotatable bonds is 8. The zero-order chi connectivity index (χ0) is 27.9. The number of nitrogens with two attached hydrogens (primary N) is 2. The molecule has 40 heavy (non-hydrogen) atoms.